The van der Waals surface area contributed by atoms with E-state index in [4.69, 9.17) is 0 Å². The largest absolute Gasteiger partial charge is 0.435 e. The van der Waals surface area contributed by atoms with Gasteiger partial charge < -0.3 is 0 Å². The molecule has 4 nitrogen and oxygen atoms in total. The Balaban J connectivity index is 2.41. The van der Waals surface area contributed by atoms with E-state index in [-0.39, 0.29) is 0 Å². The van der Waals surface area contributed by atoms with Gasteiger partial charge in [0.15, 0.2) is 17.6 Å². The van der Waals surface area contributed by atoms with Crippen LogP contribution >= 0.6 is 0 Å². The zero-order chi connectivity index (χ0) is 25.0. The maximum Gasteiger partial charge on any atom is 0.435 e. The van der Waals surface area contributed by atoms with Crippen molar-refractivity contribution in [3.8, 4) is 0 Å². The fourth-order valence-corrected chi connectivity index (χ4v) is 2.87. The smallest absolute Gasteiger partial charge is 0.231 e. The zero-order valence-corrected chi connectivity index (χ0v) is 15.4. The van der Waals surface area contributed by atoms with Crippen LogP contribution in [0.1, 0.15) is 34.5 Å². The summed E-state index contributed by atoms with van der Waals surface area (Å²) in [6, 6.07) is 4.35. The van der Waals surface area contributed by atoms with E-state index >= 15 is 0 Å². The molecule has 180 valence electrons. The predicted molar refractivity (Wildman–Crippen MR) is 84.4 cm³/mol. The van der Waals surface area contributed by atoms with Gasteiger partial charge in [0.05, 0.1) is 0 Å². The van der Waals surface area contributed by atoms with Crippen molar-refractivity contribution in [1.29, 1.82) is 0 Å². The van der Waals surface area contributed by atoms with Gasteiger partial charge >= 0.3 is 24.7 Å². The molecule has 3 rings (SSSR count). The molecule has 0 unspecified atom stereocenters. The molecule has 0 atom stereocenters. The van der Waals surface area contributed by atoms with Gasteiger partial charge in [0.2, 0.25) is 0 Å². The molecule has 0 bridgehead atoms. The second kappa shape index (κ2) is 7.69. The van der Waals surface area contributed by atoms with Gasteiger partial charge in [-0.2, -0.15) is 62.9 Å². The molecule has 0 saturated heterocycles. The summed E-state index contributed by atoms with van der Waals surface area (Å²) in [6.07, 6.45) is -24.6. The SMILES string of the molecule is FC(F)(F)c1cc(C(F)(F)F)n(C(c2ccccc2)n2nc(C(F)(F)F)cc2C(F)(F)F)n1. The van der Waals surface area contributed by atoms with Crippen molar-refractivity contribution >= 4 is 0 Å². The number of rotatable bonds is 3. The van der Waals surface area contributed by atoms with Crippen molar-refractivity contribution in [2.45, 2.75) is 30.9 Å². The minimum Gasteiger partial charge on any atom is -0.231 e. The highest BCUT2D eigenvalue weighted by atomic mass is 19.4. The Hall–Kier alpha value is -3.20. The van der Waals surface area contributed by atoms with Crippen molar-refractivity contribution in [3.05, 3.63) is 70.8 Å². The van der Waals surface area contributed by atoms with Crippen molar-refractivity contribution in [2.75, 3.05) is 0 Å². The summed E-state index contributed by atoms with van der Waals surface area (Å²) in [5, 5.41) is 5.52. The highest BCUT2D eigenvalue weighted by Crippen LogP contribution is 2.41. The van der Waals surface area contributed by atoms with Crippen LogP contribution in [0.15, 0.2) is 42.5 Å². The molecule has 2 heterocycles. The van der Waals surface area contributed by atoms with Crippen LogP contribution in [0.5, 0.6) is 0 Å². The summed E-state index contributed by atoms with van der Waals surface area (Å²) in [6.45, 7) is 0. The van der Waals surface area contributed by atoms with E-state index in [1.54, 1.807) is 0 Å². The van der Waals surface area contributed by atoms with Gasteiger partial charge in [-0.3, -0.25) is 0 Å². The van der Waals surface area contributed by atoms with Gasteiger partial charge in [0, 0.05) is 12.1 Å². The summed E-state index contributed by atoms with van der Waals surface area (Å²) < 4.78 is 159. The number of benzene rings is 1. The van der Waals surface area contributed by atoms with E-state index in [2.05, 4.69) is 10.2 Å². The molecular weight excluding hydrogens is 488 g/mol. The summed E-state index contributed by atoms with van der Waals surface area (Å²) in [5.74, 6) is 0. The van der Waals surface area contributed by atoms with Crippen LogP contribution in [-0.4, -0.2) is 19.6 Å². The lowest BCUT2D eigenvalue weighted by Crippen LogP contribution is -2.30. The van der Waals surface area contributed by atoms with Crippen LogP contribution in [-0.2, 0) is 24.7 Å². The van der Waals surface area contributed by atoms with Crippen molar-refractivity contribution in [1.82, 2.24) is 19.6 Å². The van der Waals surface area contributed by atoms with Crippen molar-refractivity contribution in [2.24, 2.45) is 0 Å². The average molecular weight is 496 g/mol. The molecular formula is C17H8F12N4. The zero-order valence-electron chi connectivity index (χ0n) is 15.4. The van der Waals surface area contributed by atoms with E-state index in [9.17, 15) is 52.7 Å². The first-order valence-electron chi connectivity index (χ1n) is 8.43. The summed E-state index contributed by atoms with van der Waals surface area (Å²) in [4.78, 5) is 0. The molecule has 3 aromatic rings. The Morgan fingerprint density at radius 1 is 0.545 bits per heavy atom. The third kappa shape index (κ3) is 4.93. The van der Waals surface area contributed by atoms with Crippen molar-refractivity contribution < 1.29 is 52.7 Å². The molecule has 0 aliphatic heterocycles. The lowest BCUT2D eigenvalue weighted by atomic mass is 10.1. The van der Waals surface area contributed by atoms with Crippen LogP contribution in [0.25, 0.3) is 0 Å². The lowest BCUT2D eigenvalue weighted by molar-refractivity contribution is -0.148. The average Bonchev–Trinajstić information content (AvgIpc) is 3.27. The normalized spacial score (nSPS) is 13.7. The van der Waals surface area contributed by atoms with E-state index in [1.165, 1.54) is 6.07 Å². The second-order valence-electron chi connectivity index (χ2n) is 6.49. The summed E-state index contributed by atoms with van der Waals surface area (Å²) in [7, 11) is 0. The first-order chi connectivity index (χ1) is 14.9. The van der Waals surface area contributed by atoms with Gasteiger partial charge in [0.25, 0.3) is 0 Å². The van der Waals surface area contributed by atoms with Crippen LogP contribution in [0.3, 0.4) is 0 Å². The number of alkyl halides is 12. The third-order valence-corrected chi connectivity index (χ3v) is 4.19. The number of halogens is 12. The molecule has 1 aromatic carbocycles. The Labute approximate surface area is 175 Å². The highest BCUT2D eigenvalue weighted by Gasteiger charge is 2.47. The third-order valence-electron chi connectivity index (χ3n) is 4.19. The highest BCUT2D eigenvalue weighted by molar-refractivity contribution is 5.27. The number of nitrogens with zero attached hydrogens (tertiary/aromatic N) is 4. The molecule has 0 N–H and O–H groups in total. The summed E-state index contributed by atoms with van der Waals surface area (Å²) >= 11 is 0. The first kappa shape index (κ1) is 24.4. The summed E-state index contributed by atoms with van der Waals surface area (Å²) in [5.41, 5.74) is -9.09. The van der Waals surface area contributed by atoms with Gasteiger partial charge in [-0.1, -0.05) is 30.3 Å². The Morgan fingerprint density at radius 2 is 0.909 bits per heavy atom. The van der Waals surface area contributed by atoms with Crippen LogP contribution < -0.4 is 0 Å². The molecule has 16 heteroatoms. The molecule has 0 saturated carbocycles. The van der Waals surface area contributed by atoms with Gasteiger partial charge in [0.1, 0.15) is 11.4 Å². The quantitative estimate of drug-likeness (QED) is 0.402. The van der Waals surface area contributed by atoms with Crippen molar-refractivity contribution in [3.63, 3.8) is 0 Å². The van der Waals surface area contributed by atoms with Crippen LogP contribution in [0, 0.1) is 0 Å². The predicted octanol–water partition coefficient (Wildman–Crippen LogP) is 6.25. The lowest BCUT2D eigenvalue weighted by Gasteiger charge is -2.24. The van der Waals surface area contributed by atoms with Gasteiger partial charge in [-0.05, 0) is 5.56 Å². The first-order valence-corrected chi connectivity index (χ1v) is 8.43. The maximum atomic E-state index is 13.5. The van der Waals surface area contributed by atoms with Crippen LogP contribution in [0.4, 0.5) is 52.7 Å². The monoisotopic (exact) mass is 496 g/mol. The molecule has 0 fully saturated rings. The molecule has 0 spiro atoms. The van der Waals surface area contributed by atoms with E-state index < -0.39 is 80.7 Å². The minimum absolute atomic E-state index is 0.461. The van der Waals surface area contributed by atoms with E-state index in [0.717, 1.165) is 24.3 Å². The van der Waals surface area contributed by atoms with Gasteiger partial charge in [-0.25, -0.2) is 9.36 Å². The number of hydrogen-bond acceptors (Lipinski definition) is 2. The Bertz CT molecular complexity index is 1050. The molecule has 33 heavy (non-hydrogen) atoms. The van der Waals surface area contributed by atoms with E-state index in [0.29, 0.717) is 0 Å². The second-order valence-corrected chi connectivity index (χ2v) is 6.49. The Kier molecular flexibility index (Phi) is 5.70. The molecule has 0 aliphatic rings. The number of hydrogen-bond donors (Lipinski definition) is 0. The topological polar surface area (TPSA) is 35.6 Å². The molecule has 0 radical (unpaired) electrons. The molecule has 0 aliphatic carbocycles. The fourth-order valence-electron chi connectivity index (χ4n) is 2.87. The number of aromatic nitrogens is 4. The molecule has 2 aromatic heterocycles. The Morgan fingerprint density at radius 3 is 1.21 bits per heavy atom. The maximum absolute atomic E-state index is 13.5. The van der Waals surface area contributed by atoms with E-state index in [1.807, 2.05) is 0 Å². The van der Waals surface area contributed by atoms with Gasteiger partial charge in [-0.15, -0.1) is 0 Å². The minimum atomic E-state index is -5.57. The standard InChI is InChI=1S/C17H8F12N4/c18-14(19,20)9-6-11(16(24,25)26)32(30-9)13(8-4-2-1-3-5-8)33-12(17(27,28)29)7-10(31-33)15(21,22)23/h1-7,13H. The van der Waals surface area contributed by atoms with Crippen LogP contribution in [0.2, 0.25) is 0 Å². The fraction of sp³-hybridized carbons (Fsp3) is 0.294. The molecule has 0 amide bonds.